The van der Waals surface area contributed by atoms with Crippen molar-refractivity contribution in [1.29, 1.82) is 0 Å². The van der Waals surface area contributed by atoms with Gasteiger partial charge in [0.15, 0.2) is 29.4 Å². The molecule has 0 radical (unpaired) electrons. The SMILES string of the molecule is COc1cc(-n2cnc(Nc3nc(N4CCCC4)c4cccn4n3)c2)cc(C=O)c1OC. The average Bonchev–Trinajstić information content (AvgIpc) is 3.59. The standard InChI is InChI=1S/C22H23N7O3/c1-31-18-11-16(10-15(13-30)20(18)32-2)28-12-19(23-14-28)24-22-25-21(27-7-3-4-8-27)17-6-5-9-29(17)26-22/h5-6,9-14H,3-4,7-8H2,1-2H3,(H,24,26). The van der Waals surface area contributed by atoms with Gasteiger partial charge in [-0.15, -0.1) is 5.10 Å². The molecule has 1 fully saturated rings. The fraction of sp³-hybridized carbons (Fsp3) is 0.273. The smallest absolute Gasteiger partial charge is 0.248 e. The molecule has 5 rings (SSSR count). The molecule has 0 bridgehead atoms. The number of carbonyl (C=O) groups excluding carboxylic acids is 1. The zero-order valence-corrected chi connectivity index (χ0v) is 17.9. The Labute approximate surface area is 184 Å². The molecule has 1 aromatic carbocycles. The zero-order valence-electron chi connectivity index (χ0n) is 17.9. The van der Waals surface area contributed by atoms with Crippen LogP contribution in [-0.2, 0) is 0 Å². The molecule has 1 saturated heterocycles. The van der Waals surface area contributed by atoms with Gasteiger partial charge in [-0.2, -0.15) is 4.98 Å². The Hall–Kier alpha value is -4.08. The highest BCUT2D eigenvalue weighted by Crippen LogP contribution is 2.33. The van der Waals surface area contributed by atoms with Crippen molar-refractivity contribution in [3.05, 3.63) is 48.5 Å². The van der Waals surface area contributed by atoms with Crippen molar-refractivity contribution in [2.75, 3.05) is 37.5 Å². The third-order valence-electron chi connectivity index (χ3n) is 5.52. The minimum absolute atomic E-state index is 0.390. The molecule has 4 aromatic rings. The first kappa shape index (κ1) is 19.9. The summed E-state index contributed by atoms with van der Waals surface area (Å²) in [5.74, 6) is 2.81. The van der Waals surface area contributed by atoms with Crippen LogP contribution < -0.4 is 19.7 Å². The normalized spacial score (nSPS) is 13.5. The maximum Gasteiger partial charge on any atom is 0.248 e. The Balaban J connectivity index is 1.46. The number of carbonyl (C=O) groups is 1. The first-order valence-electron chi connectivity index (χ1n) is 10.3. The second-order valence-electron chi connectivity index (χ2n) is 7.47. The largest absolute Gasteiger partial charge is 0.493 e. The van der Waals surface area contributed by atoms with Gasteiger partial charge in [0.2, 0.25) is 5.95 Å². The van der Waals surface area contributed by atoms with E-state index in [0.29, 0.717) is 34.5 Å². The van der Waals surface area contributed by atoms with E-state index in [9.17, 15) is 4.79 Å². The van der Waals surface area contributed by atoms with Crippen molar-refractivity contribution in [1.82, 2.24) is 24.1 Å². The van der Waals surface area contributed by atoms with Gasteiger partial charge < -0.3 is 24.3 Å². The molecule has 0 unspecified atom stereocenters. The fourth-order valence-electron chi connectivity index (χ4n) is 3.99. The van der Waals surface area contributed by atoms with Crippen molar-refractivity contribution < 1.29 is 14.3 Å². The van der Waals surface area contributed by atoms with Gasteiger partial charge in [-0.25, -0.2) is 9.50 Å². The van der Waals surface area contributed by atoms with Gasteiger partial charge in [-0.3, -0.25) is 4.79 Å². The van der Waals surface area contributed by atoms with Crippen LogP contribution in [0.5, 0.6) is 11.5 Å². The maximum atomic E-state index is 11.5. The monoisotopic (exact) mass is 433 g/mol. The second-order valence-corrected chi connectivity index (χ2v) is 7.47. The van der Waals surface area contributed by atoms with Crippen LogP contribution in [0.15, 0.2) is 43.0 Å². The van der Waals surface area contributed by atoms with E-state index in [4.69, 9.17) is 14.5 Å². The Morgan fingerprint density at radius 1 is 1.16 bits per heavy atom. The zero-order chi connectivity index (χ0) is 22.1. The molecule has 10 heteroatoms. The first-order valence-corrected chi connectivity index (χ1v) is 10.3. The molecular weight excluding hydrogens is 410 g/mol. The van der Waals surface area contributed by atoms with Gasteiger partial charge in [0.25, 0.3) is 0 Å². The molecule has 1 aliphatic rings. The Bertz CT molecular complexity index is 1270. The van der Waals surface area contributed by atoms with E-state index in [0.717, 1.165) is 43.6 Å². The number of hydrogen-bond acceptors (Lipinski definition) is 8. The van der Waals surface area contributed by atoms with Gasteiger partial charge in [0.1, 0.15) is 11.8 Å². The molecule has 32 heavy (non-hydrogen) atoms. The molecule has 0 atom stereocenters. The number of methoxy groups -OCH3 is 2. The lowest BCUT2D eigenvalue weighted by atomic mass is 10.1. The van der Waals surface area contributed by atoms with E-state index in [-0.39, 0.29) is 0 Å². The highest BCUT2D eigenvalue weighted by atomic mass is 16.5. The Kier molecular flexibility index (Phi) is 5.10. The molecular formula is C22H23N7O3. The molecule has 164 valence electrons. The molecule has 0 aliphatic carbocycles. The maximum absolute atomic E-state index is 11.5. The number of fused-ring (bicyclic) bond motifs is 1. The molecule has 0 saturated carbocycles. The number of nitrogens with one attached hydrogen (secondary N) is 1. The topological polar surface area (TPSA) is 98.8 Å². The van der Waals surface area contributed by atoms with E-state index >= 15 is 0 Å². The molecule has 4 heterocycles. The third-order valence-corrected chi connectivity index (χ3v) is 5.52. The Morgan fingerprint density at radius 3 is 2.75 bits per heavy atom. The van der Waals surface area contributed by atoms with Crippen LogP contribution in [0, 0.1) is 0 Å². The number of rotatable bonds is 7. The third kappa shape index (κ3) is 3.49. The summed E-state index contributed by atoms with van der Waals surface area (Å²) in [6.45, 7) is 1.98. The number of aldehydes is 1. The second kappa shape index (κ2) is 8.22. The molecule has 1 aliphatic heterocycles. The lowest BCUT2D eigenvalue weighted by Gasteiger charge is -2.18. The number of nitrogens with zero attached hydrogens (tertiary/aromatic N) is 6. The van der Waals surface area contributed by atoms with E-state index in [1.165, 1.54) is 14.2 Å². The summed E-state index contributed by atoms with van der Waals surface area (Å²) in [6, 6.07) is 7.48. The van der Waals surface area contributed by atoms with Crippen LogP contribution in [0.2, 0.25) is 0 Å². The van der Waals surface area contributed by atoms with Gasteiger partial charge in [0.05, 0.1) is 31.7 Å². The molecule has 0 spiro atoms. The average molecular weight is 433 g/mol. The summed E-state index contributed by atoms with van der Waals surface area (Å²) in [6.07, 6.45) is 8.42. The van der Waals surface area contributed by atoms with Crippen molar-refractivity contribution >= 4 is 29.4 Å². The van der Waals surface area contributed by atoms with E-state index in [1.807, 2.05) is 22.8 Å². The van der Waals surface area contributed by atoms with E-state index < -0.39 is 0 Å². The molecule has 10 nitrogen and oxygen atoms in total. The number of aromatic nitrogens is 5. The molecule has 0 amide bonds. The van der Waals surface area contributed by atoms with Gasteiger partial charge >= 0.3 is 0 Å². The number of hydrogen-bond donors (Lipinski definition) is 1. The van der Waals surface area contributed by atoms with Crippen LogP contribution >= 0.6 is 0 Å². The minimum Gasteiger partial charge on any atom is -0.493 e. The van der Waals surface area contributed by atoms with Crippen LogP contribution in [0.1, 0.15) is 23.2 Å². The van der Waals surface area contributed by atoms with Gasteiger partial charge in [-0.1, -0.05) is 0 Å². The van der Waals surface area contributed by atoms with Crippen molar-refractivity contribution in [2.24, 2.45) is 0 Å². The Morgan fingerprint density at radius 2 is 2.00 bits per heavy atom. The van der Waals surface area contributed by atoms with Crippen molar-refractivity contribution in [3.63, 3.8) is 0 Å². The highest BCUT2D eigenvalue weighted by molar-refractivity contribution is 5.83. The fourth-order valence-corrected chi connectivity index (χ4v) is 3.99. The van der Waals surface area contributed by atoms with Crippen molar-refractivity contribution in [3.8, 4) is 17.2 Å². The van der Waals surface area contributed by atoms with Crippen LogP contribution in [0.25, 0.3) is 11.2 Å². The predicted octanol–water partition coefficient (Wildman–Crippen LogP) is 3.09. The number of ether oxygens (including phenoxy) is 2. The number of anilines is 3. The highest BCUT2D eigenvalue weighted by Gasteiger charge is 2.19. The van der Waals surface area contributed by atoms with Crippen LogP contribution in [0.4, 0.5) is 17.6 Å². The van der Waals surface area contributed by atoms with Crippen LogP contribution in [0.3, 0.4) is 0 Å². The molecule has 1 N–H and O–H groups in total. The molecule has 3 aromatic heterocycles. The summed E-state index contributed by atoms with van der Waals surface area (Å²) in [5.41, 5.74) is 2.08. The van der Waals surface area contributed by atoms with E-state index in [2.05, 4.69) is 20.3 Å². The summed E-state index contributed by atoms with van der Waals surface area (Å²) in [5, 5.41) is 7.75. The van der Waals surface area contributed by atoms with Crippen molar-refractivity contribution in [2.45, 2.75) is 12.8 Å². The van der Waals surface area contributed by atoms with Crippen LogP contribution in [-0.4, -0.2) is 57.7 Å². The summed E-state index contributed by atoms with van der Waals surface area (Å²) in [4.78, 5) is 23.0. The number of imidazole rings is 1. The lowest BCUT2D eigenvalue weighted by molar-refractivity contribution is 0.112. The van der Waals surface area contributed by atoms with Gasteiger partial charge in [0, 0.05) is 25.4 Å². The van der Waals surface area contributed by atoms with Gasteiger partial charge in [-0.05, 0) is 31.0 Å². The minimum atomic E-state index is 0.390. The predicted molar refractivity (Wildman–Crippen MR) is 120 cm³/mol. The first-order chi connectivity index (χ1) is 15.7. The quantitative estimate of drug-likeness (QED) is 0.444. The summed E-state index contributed by atoms with van der Waals surface area (Å²) < 4.78 is 14.3. The summed E-state index contributed by atoms with van der Waals surface area (Å²) >= 11 is 0. The lowest BCUT2D eigenvalue weighted by Crippen LogP contribution is -2.21. The van der Waals surface area contributed by atoms with E-state index in [1.54, 1.807) is 29.2 Å². The number of benzene rings is 1. The summed E-state index contributed by atoms with van der Waals surface area (Å²) in [7, 11) is 3.03.